The molecule has 0 radical (unpaired) electrons. The van der Waals surface area contributed by atoms with Crippen LogP contribution < -0.4 is 4.90 Å². The lowest BCUT2D eigenvalue weighted by atomic mass is 9.95. The van der Waals surface area contributed by atoms with Crippen molar-refractivity contribution in [2.75, 3.05) is 18.0 Å². The molecule has 1 aromatic rings. The van der Waals surface area contributed by atoms with Gasteiger partial charge in [0, 0.05) is 24.4 Å². The molecule has 0 spiro atoms. The monoisotopic (exact) mass is 268 g/mol. The predicted molar refractivity (Wildman–Crippen MR) is 65.9 cm³/mol. The average Bonchev–Trinajstić information content (AvgIpc) is 2.38. The highest BCUT2D eigenvalue weighted by Crippen LogP contribution is 2.27. The van der Waals surface area contributed by atoms with E-state index in [-0.39, 0.29) is 18.7 Å². The van der Waals surface area contributed by atoms with Crippen LogP contribution in [0.1, 0.15) is 6.42 Å². The van der Waals surface area contributed by atoms with E-state index in [0.717, 1.165) is 0 Å². The summed E-state index contributed by atoms with van der Waals surface area (Å²) in [6.07, 6.45) is -1.20. The molecule has 19 heavy (non-hydrogen) atoms. The van der Waals surface area contributed by atoms with Gasteiger partial charge in [-0.1, -0.05) is 0 Å². The van der Waals surface area contributed by atoms with Crippen molar-refractivity contribution in [2.45, 2.75) is 12.6 Å². The van der Waals surface area contributed by atoms with E-state index in [1.54, 1.807) is 17.0 Å². The molecule has 0 saturated carbocycles. The van der Waals surface area contributed by atoms with Crippen molar-refractivity contribution in [1.82, 2.24) is 0 Å². The van der Waals surface area contributed by atoms with E-state index in [9.17, 15) is 19.3 Å². The maximum absolute atomic E-state index is 13.7. The summed E-state index contributed by atoms with van der Waals surface area (Å²) in [4.78, 5) is 22.5. The van der Waals surface area contributed by atoms with Crippen molar-refractivity contribution in [3.63, 3.8) is 0 Å². The number of carboxylic acid groups (broad SMARTS) is 1. The molecule has 2 unspecified atom stereocenters. The molecule has 1 saturated heterocycles. The summed E-state index contributed by atoms with van der Waals surface area (Å²) in [7, 11) is 0. The first-order valence-electron chi connectivity index (χ1n) is 5.85. The van der Waals surface area contributed by atoms with Gasteiger partial charge in [0.15, 0.2) is 0 Å². The summed E-state index contributed by atoms with van der Waals surface area (Å²) in [5, 5.41) is 19.4. The Morgan fingerprint density at radius 2 is 2.05 bits per heavy atom. The molecule has 1 aliphatic heterocycles. The Labute approximate surface area is 108 Å². The van der Waals surface area contributed by atoms with Crippen LogP contribution >= 0.6 is 0 Å². The van der Waals surface area contributed by atoms with Crippen molar-refractivity contribution in [3.8, 4) is 0 Å². The summed E-state index contributed by atoms with van der Waals surface area (Å²) in [6, 6.07) is 5.80. The van der Waals surface area contributed by atoms with E-state index in [2.05, 4.69) is 0 Å². The number of non-ortho nitro benzene ring substituents is 1. The normalized spacial score (nSPS) is 23.1. The maximum atomic E-state index is 13.7. The van der Waals surface area contributed by atoms with E-state index in [0.29, 0.717) is 12.2 Å². The molecular weight excluding hydrogens is 255 g/mol. The molecule has 1 heterocycles. The van der Waals surface area contributed by atoms with Gasteiger partial charge in [0.1, 0.15) is 6.17 Å². The molecule has 1 aliphatic rings. The molecule has 0 aromatic heterocycles. The van der Waals surface area contributed by atoms with Crippen molar-refractivity contribution in [3.05, 3.63) is 34.4 Å². The number of carbonyl (C=O) groups is 1. The summed E-state index contributed by atoms with van der Waals surface area (Å²) in [5.74, 6) is -2.08. The van der Waals surface area contributed by atoms with E-state index >= 15 is 0 Å². The highest BCUT2D eigenvalue weighted by Gasteiger charge is 2.34. The minimum Gasteiger partial charge on any atom is -0.481 e. The van der Waals surface area contributed by atoms with Crippen LogP contribution in [-0.2, 0) is 4.79 Å². The molecule has 7 heteroatoms. The van der Waals surface area contributed by atoms with Gasteiger partial charge in [-0.25, -0.2) is 4.39 Å². The molecule has 0 aliphatic carbocycles. The number of rotatable bonds is 3. The Morgan fingerprint density at radius 3 is 2.53 bits per heavy atom. The number of alkyl halides is 1. The fourth-order valence-electron chi connectivity index (χ4n) is 2.20. The lowest BCUT2D eigenvalue weighted by Gasteiger charge is -2.34. The predicted octanol–water partition coefficient (Wildman–Crippen LogP) is 1.84. The van der Waals surface area contributed by atoms with E-state index in [4.69, 9.17) is 5.11 Å². The van der Waals surface area contributed by atoms with Crippen molar-refractivity contribution in [2.24, 2.45) is 5.92 Å². The Balaban J connectivity index is 2.08. The van der Waals surface area contributed by atoms with Crippen LogP contribution in [0.25, 0.3) is 0 Å². The summed E-state index contributed by atoms with van der Waals surface area (Å²) in [6.45, 7) is 0.421. The van der Waals surface area contributed by atoms with Gasteiger partial charge in [0.05, 0.1) is 17.4 Å². The number of anilines is 1. The summed E-state index contributed by atoms with van der Waals surface area (Å²) in [5.41, 5.74) is 0.637. The van der Waals surface area contributed by atoms with Crippen LogP contribution in [0.2, 0.25) is 0 Å². The van der Waals surface area contributed by atoms with Crippen LogP contribution in [0.3, 0.4) is 0 Å². The molecular formula is C12H13FN2O4. The number of halogens is 1. The van der Waals surface area contributed by atoms with Gasteiger partial charge in [-0.05, 0) is 18.6 Å². The zero-order valence-corrected chi connectivity index (χ0v) is 10.0. The van der Waals surface area contributed by atoms with Gasteiger partial charge < -0.3 is 10.0 Å². The lowest BCUT2D eigenvalue weighted by molar-refractivity contribution is -0.384. The first-order valence-corrected chi connectivity index (χ1v) is 5.85. The maximum Gasteiger partial charge on any atom is 0.309 e. The average molecular weight is 268 g/mol. The lowest BCUT2D eigenvalue weighted by Crippen LogP contribution is -2.44. The third kappa shape index (κ3) is 2.81. The second-order valence-corrected chi connectivity index (χ2v) is 4.47. The van der Waals surface area contributed by atoms with Crippen molar-refractivity contribution >= 4 is 17.3 Å². The van der Waals surface area contributed by atoms with Gasteiger partial charge in [0.25, 0.3) is 5.69 Å². The third-order valence-electron chi connectivity index (χ3n) is 3.28. The van der Waals surface area contributed by atoms with Gasteiger partial charge in [0.2, 0.25) is 0 Å². The number of nitro groups is 1. The molecule has 102 valence electrons. The largest absolute Gasteiger partial charge is 0.481 e. The standard InChI is InChI=1S/C12H13FN2O4/c13-11-7-14(6-5-10(11)12(16)17)8-1-3-9(4-2-8)15(18)19/h1-4,10-11H,5-7H2,(H,16,17). The summed E-state index contributed by atoms with van der Waals surface area (Å²) >= 11 is 0. The minimum atomic E-state index is -1.43. The Hall–Kier alpha value is -2.18. The Bertz CT molecular complexity index is 491. The fraction of sp³-hybridized carbons (Fsp3) is 0.417. The molecule has 0 amide bonds. The molecule has 0 bridgehead atoms. The highest BCUT2D eigenvalue weighted by atomic mass is 19.1. The zero-order chi connectivity index (χ0) is 14.0. The number of aliphatic carboxylic acids is 1. The first kappa shape index (κ1) is 13.3. The number of piperidine rings is 1. The second kappa shape index (κ2) is 5.21. The molecule has 2 atom stereocenters. The number of carboxylic acids is 1. The smallest absolute Gasteiger partial charge is 0.309 e. The van der Waals surface area contributed by atoms with Gasteiger partial charge in [-0.15, -0.1) is 0 Å². The molecule has 2 rings (SSSR count). The van der Waals surface area contributed by atoms with Crippen LogP contribution in [0.4, 0.5) is 15.8 Å². The second-order valence-electron chi connectivity index (χ2n) is 4.47. The Morgan fingerprint density at radius 1 is 1.42 bits per heavy atom. The molecule has 1 fully saturated rings. The van der Waals surface area contributed by atoms with Crippen LogP contribution in [0.5, 0.6) is 0 Å². The SMILES string of the molecule is O=C(O)C1CCN(c2ccc([N+](=O)[O-])cc2)CC1F. The van der Waals surface area contributed by atoms with Gasteiger partial charge in [-0.2, -0.15) is 0 Å². The quantitative estimate of drug-likeness (QED) is 0.668. The zero-order valence-electron chi connectivity index (χ0n) is 10.0. The van der Waals surface area contributed by atoms with E-state index in [1.165, 1.54) is 12.1 Å². The van der Waals surface area contributed by atoms with Crippen molar-refractivity contribution in [1.29, 1.82) is 0 Å². The number of hydrogen-bond acceptors (Lipinski definition) is 4. The van der Waals surface area contributed by atoms with Gasteiger partial charge >= 0.3 is 5.97 Å². The van der Waals surface area contributed by atoms with Gasteiger partial charge in [-0.3, -0.25) is 14.9 Å². The van der Waals surface area contributed by atoms with Crippen molar-refractivity contribution < 1.29 is 19.2 Å². The third-order valence-corrected chi connectivity index (χ3v) is 3.28. The molecule has 1 N–H and O–H groups in total. The number of nitrogens with zero attached hydrogens (tertiary/aromatic N) is 2. The first-order chi connectivity index (χ1) is 8.99. The van der Waals surface area contributed by atoms with Crippen LogP contribution in [0.15, 0.2) is 24.3 Å². The number of benzene rings is 1. The minimum absolute atomic E-state index is 0.00518. The number of nitro benzene ring substituents is 1. The fourth-order valence-corrected chi connectivity index (χ4v) is 2.20. The highest BCUT2D eigenvalue weighted by molar-refractivity contribution is 5.71. The molecule has 6 nitrogen and oxygen atoms in total. The topological polar surface area (TPSA) is 83.7 Å². The van der Waals surface area contributed by atoms with E-state index in [1.807, 2.05) is 0 Å². The van der Waals surface area contributed by atoms with Crippen LogP contribution in [0, 0.1) is 16.0 Å². The summed E-state index contributed by atoms with van der Waals surface area (Å²) < 4.78 is 13.7. The molecule has 1 aromatic carbocycles. The Kier molecular flexibility index (Phi) is 3.64. The van der Waals surface area contributed by atoms with E-state index < -0.39 is 23.0 Å². The number of hydrogen-bond donors (Lipinski definition) is 1. The van der Waals surface area contributed by atoms with Crippen LogP contribution in [-0.4, -0.2) is 35.3 Å².